The number of carbonyl (C=O) groups excluding carboxylic acids is 1. The summed E-state index contributed by atoms with van der Waals surface area (Å²) in [6, 6.07) is 10.1. The zero-order valence-electron chi connectivity index (χ0n) is 15.9. The van der Waals surface area contributed by atoms with Gasteiger partial charge in [-0.05, 0) is 31.2 Å². The van der Waals surface area contributed by atoms with Crippen LogP contribution in [0.25, 0.3) is 10.1 Å². The molecule has 152 valence electrons. The lowest BCUT2D eigenvalue weighted by molar-refractivity contribution is -0.384. The molecule has 1 aliphatic heterocycles. The van der Waals surface area contributed by atoms with Crippen molar-refractivity contribution >= 4 is 33.0 Å². The predicted molar refractivity (Wildman–Crippen MR) is 109 cm³/mol. The molecule has 1 saturated heterocycles. The summed E-state index contributed by atoms with van der Waals surface area (Å²) in [6.07, 6.45) is 0. The zero-order valence-corrected chi connectivity index (χ0v) is 16.7. The van der Waals surface area contributed by atoms with Crippen LogP contribution in [0, 0.1) is 17.0 Å². The van der Waals surface area contributed by atoms with Crippen LogP contribution in [-0.2, 0) is 4.74 Å². The maximum Gasteiger partial charge on any atom is 0.270 e. The fourth-order valence-electron chi connectivity index (χ4n) is 3.46. The number of thiophene rings is 1. The fourth-order valence-corrected chi connectivity index (χ4v) is 4.42. The van der Waals surface area contributed by atoms with E-state index in [0.29, 0.717) is 30.0 Å². The topological polar surface area (TPSA) is 97.8 Å². The number of aryl methyl sites for hydroxylation is 1. The van der Waals surface area contributed by atoms with Gasteiger partial charge in [0, 0.05) is 41.9 Å². The van der Waals surface area contributed by atoms with Gasteiger partial charge in [-0.1, -0.05) is 0 Å². The molecule has 2 aromatic heterocycles. The SMILES string of the molecule is Cc1ccc(C(CNC(=O)c2cc3cc([N+](=O)[O-])ccc3s2)N2CCOCC2)o1. The molecule has 1 N–H and O–H groups in total. The third-order valence-corrected chi connectivity index (χ3v) is 6.08. The number of benzene rings is 1. The smallest absolute Gasteiger partial charge is 0.270 e. The van der Waals surface area contributed by atoms with Gasteiger partial charge in [-0.2, -0.15) is 0 Å². The van der Waals surface area contributed by atoms with Gasteiger partial charge in [0.1, 0.15) is 11.5 Å². The van der Waals surface area contributed by atoms with Crippen LogP contribution in [0.3, 0.4) is 0 Å². The van der Waals surface area contributed by atoms with Crippen molar-refractivity contribution in [1.82, 2.24) is 10.2 Å². The molecular weight excluding hydrogens is 394 g/mol. The Labute approximate surface area is 171 Å². The Balaban J connectivity index is 1.50. The number of hydrogen-bond acceptors (Lipinski definition) is 7. The first-order chi connectivity index (χ1) is 14.0. The molecule has 9 heteroatoms. The van der Waals surface area contributed by atoms with Crippen molar-refractivity contribution in [1.29, 1.82) is 0 Å². The van der Waals surface area contributed by atoms with Crippen LogP contribution in [0.4, 0.5) is 5.69 Å². The second kappa shape index (κ2) is 8.32. The Morgan fingerprint density at radius 2 is 2.07 bits per heavy atom. The first-order valence-electron chi connectivity index (χ1n) is 9.35. The number of rotatable bonds is 6. The molecule has 8 nitrogen and oxygen atoms in total. The second-order valence-electron chi connectivity index (χ2n) is 6.91. The highest BCUT2D eigenvalue weighted by atomic mass is 32.1. The van der Waals surface area contributed by atoms with Crippen molar-refractivity contribution in [2.24, 2.45) is 0 Å². The summed E-state index contributed by atoms with van der Waals surface area (Å²) in [5, 5.41) is 14.6. The second-order valence-corrected chi connectivity index (χ2v) is 8.00. The number of carbonyl (C=O) groups is 1. The highest BCUT2D eigenvalue weighted by Crippen LogP contribution is 2.29. The summed E-state index contributed by atoms with van der Waals surface area (Å²) in [6.45, 7) is 5.15. The molecule has 1 aliphatic rings. The van der Waals surface area contributed by atoms with Crippen molar-refractivity contribution in [3.05, 3.63) is 62.9 Å². The van der Waals surface area contributed by atoms with Gasteiger partial charge in [-0.25, -0.2) is 0 Å². The summed E-state index contributed by atoms with van der Waals surface area (Å²) < 4.78 is 12.1. The van der Waals surface area contributed by atoms with E-state index in [2.05, 4.69) is 10.2 Å². The molecule has 1 unspecified atom stereocenters. The van der Waals surface area contributed by atoms with E-state index < -0.39 is 4.92 Å². The van der Waals surface area contributed by atoms with Crippen LogP contribution in [0.1, 0.15) is 27.2 Å². The number of morpholine rings is 1. The first-order valence-corrected chi connectivity index (χ1v) is 10.2. The number of nitro benzene ring substituents is 1. The molecule has 1 fully saturated rings. The largest absolute Gasteiger partial charge is 0.465 e. The monoisotopic (exact) mass is 415 g/mol. The fraction of sp³-hybridized carbons (Fsp3) is 0.350. The van der Waals surface area contributed by atoms with E-state index in [1.165, 1.54) is 23.5 Å². The minimum absolute atomic E-state index is 0.0165. The molecule has 0 aliphatic carbocycles. The zero-order chi connectivity index (χ0) is 20.4. The molecule has 0 radical (unpaired) electrons. The maximum atomic E-state index is 12.7. The summed E-state index contributed by atoms with van der Waals surface area (Å²) in [5.41, 5.74) is 0.0165. The van der Waals surface area contributed by atoms with E-state index in [4.69, 9.17) is 9.15 Å². The average molecular weight is 415 g/mol. The maximum absolute atomic E-state index is 12.7. The normalized spacial score (nSPS) is 16.0. The number of furan rings is 1. The number of hydrogen-bond donors (Lipinski definition) is 1. The average Bonchev–Trinajstić information content (AvgIpc) is 3.34. The van der Waals surface area contributed by atoms with E-state index in [1.807, 2.05) is 19.1 Å². The Hall–Kier alpha value is -2.75. The third kappa shape index (κ3) is 4.31. The van der Waals surface area contributed by atoms with Gasteiger partial charge >= 0.3 is 0 Å². The standard InChI is InChI=1S/C20H21N3O5S/c1-13-2-4-17(28-13)16(22-6-8-27-9-7-22)12-21-20(24)19-11-14-10-15(23(25)26)3-5-18(14)29-19/h2-5,10-11,16H,6-9,12H2,1H3,(H,21,24). The van der Waals surface area contributed by atoms with E-state index >= 15 is 0 Å². The highest BCUT2D eigenvalue weighted by Gasteiger charge is 2.26. The molecule has 0 bridgehead atoms. The Kier molecular flexibility index (Phi) is 5.61. The van der Waals surface area contributed by atoms with Gasteiger partial charge in [-0.15, -0.1) is 11.3 Å². The van der Waals surface area contributed by atoms with Crippen molar-refractivity contribution in [2.75, 3.05) is 32.8 Å². The molecule has 3 heterocycles. The number of amides is 1. The number of nitrogens with zero attached hydrogens (tertiary/aromatic N) is 2. The minimum Gasteiger partial charge on any atom is -0.465 e. The lowest BCUT2D eigenvalue weighted by Gasteiger charge is -2.33. The third-order valence-electron chi connectivity index (χ3n) is 4.97. The van der Waals surface area contributed by atoms with E-state index in [0.717, 1.165) is 29.3 Å². The summed E-state index contributed by atoms with van der Waals surface area (Å²) in [5.74, 6) is 1.45. The van der Waals surface area contributed by atoms with Crippen LogP contribution >= 0.6 is 11.3 Å². The first kappa shape index (κ1) is 19.6. The Morgan fingerprint density at radius 1 is 1.28 bits per heavy atom. The molecule has 1 atom stereocenters. The van der Waals surface area contributed by atoms with Crippen molar-refractivity contribution in [3.63, 3.8) is 0 Å². The van der Waals surface area contributed by atoms with Crippen molar-refractivity contribution in [3.8, 4) is 0 Å². The van der Waals surface area contributed by atoms with Gasteiger partial charge in [0.25, 0.3) is 11.6 Å². The number of ether oxygens (including phenoxy) is 1. The van der Waals surface area contributed by atoms with Crippen LogP contribution in [0.5, 0.6) is 0 Å². The quantitative estimate of drug-likeness (QED) is 0.489. The molecule has 1 amide bonds. The number of nitrogens with one attached hydrogen (secondary N) is 1. The van der Waals surface area contributed by atoms with E-state index in [-0.39, 0.29) is 17.6 Å². The predicted octanol–water partition coefficient (Wildman–Crippen LogP) is 3.51. The highest BCUT2D eigenvalue weighted by molar-refractivity contribution is 7.20. The van der Waals surface area contributed by atoms with E-state index in [1.54, 1.807) is 12.1 Å². The van der Waals surface area contributed by atoms with Gasteiger partial charge in [0.15, 0.2) is 0 Å². The lowest BCUT2D eigenvalue weighted by Crippen LogP contribution is -2.43. The Bertz CT molecular complexity index is 1040. The van der Waals surface area contributed by atoms with Gasteiger partial charge < -0.3 is 14.5 Å². The molecule has 0 spiro atoms. The van der Waals surface area contributed by atoms with Crippen LogP contribution < -0.4 is 5.32 Å². The minimum atomic E-state index is -0.435. The number of non-ortho nitro benzene ring substituents is 1. The molecule has 29 heavy (non-hydrogen) atoms. The lowest BCUT2D eigenvalue weighted by atomic mass is 10.1. The summed E-state index contributed by atoms with van der Waals surface area (Å²) >= 11 is 1.32. The van der Waals surface area contributed by atoms with Gasteiger partial charge in [0.05, 0.1) is 29.1 Å². The number of nitro groups is 1. The molecule has 4 rings (SSSR count). The van der Waals surface area contributed by atoms with Crippen LogP contribution in [-0.4, -0.2) is 48.6 Å². The molecule has 0 saturated carbocycles. The van der Waals surface area contributed by atoms with Crippen LogP contribution in [0.2, 0.25) is 0 Å². The molecule has 1 aromatic carbocycles. The summed E-state index contributed by atoms with van der Waals surface area (Å²) in [7, 11) is 0. The van der Waals surface area contributed by atoms with E-state index in [9.17, 15) is 14.9 Å². The van der Waals surface area contributed by atoms with Crippen molar-refractivity contribution in [2.45, 2.75) is 13.0 Å². The van der Waals surface area contributed by atoms with Gasteiger partial charge in [0.2, 0.25) is 0 Å². The van der Waals surface area contributed by atoms with Gasteiger partial charge in [-0.3, -0.25) is 19.8 Å². The summed E-state index contributed by atoms with van der Waals surface area (Å²) in [4.78, 5) is 26.0. The Morgan fingerprint density at radius 3 is 2.76 bits per heavy atom. The molecular formula is C20H21N3O5S. The van der Waals surface area contributed by atoms with Crippen molar-refractivity contribution < 1.29 is 18.9 Å². The van der Waals surface area contributed by atoms with Crippen LogP contribution in [0.15, 0.2) is 40.8 Å². The molecule has 3 aromatic rings. The number of fused-ring (bicyclic) bond motifs is 1.